The number of phenols is 1. The second kappa shape index (κ2) is 4.79. The number of anilines is 1. The predicted molar refractivity (Wildman–Crippen MR) is 63.9 cm³/mol. The molecule has 0 spiro atoms. The molecule has 6 heteroatoms. The highest BCUT2D eigenvalue weighted by Gasteiger charge is 2.14. The van der Waals surface area contributed by atoms with Crippen molar-refractivity contribution >= 4 is 11.9 Å². The molecule has 1 heterocycles. The maximum absolute atomic E-state index is 11.9. The zero-order valence-electron chi connectivity index (χ0n) is 9.93. The standard InChI is InChI=1S/C12H12N2O4/c1-7-6-18-12(13-7)14-11(16)9-5-8(17-2)3-4-10(9)15/h3-6,15H,1-2H3,(H,13,14,16). The van der Waals surface area contributed by atoms with E-state index >= 15 is 0 Å². The van der Waals surface area contributed by atoms with Gasteiger partial charge in [-0.25, -0.2) is 0 Å². The van der Waals surface area contributed by atoms with E-state index in [1.54, 1.807) is 13.0 Å². The fourth-order valence-electron chi connectivity index (χ4n) is 1.40. The van der Waals surface area contributed by atoms with Crippen LogP contribution in [0.1, 0.15) is 16.1 Å². The molecule has 0 aliphatic rings. The topological polar surface area (TPSA) is 84.6 Å². The molecule has 2 aromatic rings. The summed E-state index contributed by atoms with van der Waals surface area (Å²) in [6.07, 6.45) is 1.42. The molecular formula is C12H12N2O4. The van der Waals surface area contributed by atoms with Crippen LogP contribution in [0, 0.1) is 6.92 Å². The molecule has 1 aromatic heterocycles. The first-order chi connectivity index (χ1) is 8.60. The predicted octanol–water partition coefficient (Wildman–Crippen LogP) is 1.95. The van der Waals surface area contributed by atoms with Gasteiger partial charge in [0.25, 0.3) is 5.91 Å². The molecular weight excluding hydrogens is 236 g/mol. The molecule has 0 bridgehead atoms. The number of aromatic hydroxyl groups is 1. The summed E-state index contributed by atoms with van der Waals surface area (Å²) < 4.78 is 9.98. The summed E-state index contributed by atoms with van der Waals surface area (Å²) in [5.41, 5.74) is 0.741. The number of hydrogen-bond acceptors (Lipinski definition) is 5. The highest BCUT2D eigenvalue weighted by atomic mass is 16.5. The van der Waals surface area contributed by atoms with E-state index in [2.05, 4.69) is 10.3 Å². The van der Waals surface area contributed by atoms with Gasteiger partial charge in [-0.2, -0.15) is 4.98 Å². The van der Waals surface area contributed by atoms with Crippen LogP contribution in [0.25, 0.3) is 0 Å². The first-order valence-electron chi connectivity index (χ1n) is 5.20. The van der Waals surface area contributed by atoms with Crippen LogP contribution >= 0.6 is 0 Å². The molecule has 1 amide bonds. The fourth-order valence-corrected chi connectivity index (χ4v) is 1.40. The van der Waals surface area contributed by atoms with Gasteiger partial charge >= 0.3 is 6.01 Å². The molecule has 6 nitrogen and oxygen atoms in total. The van der Waals surface area contributed by atoms with E-state index in [-0.39, 0.29) is 17.3 Å². The molecule has 0 radical (unpaired) electrons. The number of benzene rings is 1. The van der Waals surface area contributed by atoms with E-state index in [0.29, 0.717) is 11.4 Å². The SMILES string of the molecule is COc1ccc(O)c(C(=O)Nc2nc(C)co2)c1. The Labute approximate surface area is 103 Å². The van der Waals surface area contributed by atoms with Gasteiger partial charge in [0.05, 0.1) is 18.4 Å². The first kappa shape index (κ1) is 12.0. The van der Waals surface area contributed by atoms with Gasteiger partial charge in [-0.15, -0.1) is 0 Å². The van der Waals surface area contributed by atoms with Crippen LogP contribution in [0.15, 0.2) is 28.9 Å². The van der Waals surface area contributed by atoms with Crippen LogP contribution in [-0.2, 0) is 0 Å². The molecule has 1 aromatic carbocycles. The highest BCUT2D eigenvalue weighted by Crippen LogP contribution is 2.23. The molecule has 0 aliphatic carbocycles. The molecule has 0 atom stereocenters. The molecule has 2 rings (SSSR count). The number of carbonyl (C=O) groups is 1. The number of phenolic OH excluding ortho intramolecular Hbond substituents is 1. The summed E-state index contributed by atoms with van der Waals surface area (Å²) in [7, 11) is 1.48. The highest BCUT2D eigenvalue weighted by molar-refractivity contribution is 6.05. The lowest BCUT2D eigenvalue weighted by Crippen LogP contribution is -2.12. The number of nitrogens with zero attached hydrogens (tertiary/aromatic N) is 1. The van der Waals surface area contributed by atoms with E-state index in [9.17, 15) is 9.90 Å². The minimum Gasteiger partial charge on any atom is -0.507 e. The van der Waals surface area contributed by atoms with Gasteiger partial charge in [-0.3, -0.25) is 10.1 Å². The quantitative estimate of drug-likeness (QED) is 0.867. The van der Waals surface area contributed by atoms with Gasteiger partial charge in [-0.05, 0) is 25.1 Å². The van der Waals surface area contributed by atoms with Crippen molar-refractivity contribution in [1.29, 1.82) is 0 Å². The number of methoxy groups -OCH3 is 1. The average molecular weight is 248 g/mol. The Balaban J connectivity index is 2.23. The van der Waals surface area contributed by atoms with Crippen LogP contribution in [0.4, 0.5) is 6.01 Å². The van der Waals surface area contributed by atoms with Crippen LogP contribution in [0.5, 0.6) is 11.5 Å². The van der Waals surface area contributed by atoms with E-state index in [0.717, 1.165) is 0 Å². The van der Waals surface area contributed by atoms with Crippen molar-refractivity contribution in [3.63, 3.8) is 0 Å². The number of hydrogen-bond donors (Lipinski definition) is 2. The summed E-state index contributed by atoms with van der Waals surface area (Å²) in [6.45, 7) is 1.74. The molecule has 0 unspecified atom stereocenters. The third-order valence-corrected chi connectivity index (χ3v) is 2.29. The fraction of sp³-hybridized carbons (Fsp3) is 0.167. The van der Waals surface area contributed by atoms with Crippen molar-refractivity contribution in [1.82, 2.24) is 4.98 Å². The summed E-state index contributed by atoms with van der Waals surface area (Å²) in [6, 6.07) is 4.45. The number of oxazole rings is 1. The zero-order chi connectivity index (χ0) is 13.1. The molecule has 0 saturated carbocycles. The summed E-state index contributed by atoms with van der Waals surface area (Å²) in [4.78, 5) is 15.8. The van der Waals surface area contributed by atoms with Gasteiger partial charge in [0.15, 0.2) is 0 Å². The van der Waals surface area contributed by atoms with Crippen molar-refractivity contribution < 1.29 is 19.1 Å². The molecule has 0 saturated heterocycles. The van der Waals surface area contributed by atoms with Crippen LogP contribution in [0.2, 0.25) is 0 Å². The number of ether oxygens (including phenoxy) is 1. The van der Waals surface area contributed by atoms with Crippen molar-refractivity contribution in [2.45, 2.75) is 6.92 Å². The summed E-state index contributed by atoms with van der Waals surface area (Å²) >= 11 is 0. The monoisotopic (exact) mass is 248 g/mol. The maximum atomic E-state index is 11.9. The van der Waals surface area contributed by atoms with Gasteiger partial charge in [-0.1, -0.05) is 0 Å². The Hall–Kier alpha value is -2.50. The normalized spacial score (nSPS) is 10.1. The van der Waals surface area contributed by atoms with Crippen molar-refractivity contribution in [3.8, 4) is 11.5 Å². The largest absolute Gasteiger partial charge is 0.507 e. The molecule has 18 heavy (non-hydrogen) atoms. The third kappa shape index (κ3) is 2.42. The number of amides is 1. The molecule has 0 fully saturated rings. The third-order valence-electron chi connectivity index (χ3n) is 2.29. The number of rotatable bonds is 3. The Bertz CT molecular complexity index is 577. The first-order valence-corrected chi connectivity index (χ1v) is 5.20. The van der Waals surface area contributed by atoms with Gasteiger partial charge in [0, 0.05) is 0 Å². The number of aryl methyl sites for hydroxylation is 1. The average Bonchev–Trinajstić information content (AvgIpc) is 2.75. The molecule has 94 valence electrons. The second-order valence-corrected chi connectivity index (χ2v) is 3.63. The van der Waals surface area contributed by atoms with Gasteiger partial charge in [0.1, 0.15) is 17.8 Å². The lowest BCUT2D eigenvalue weighted by Gasteiger charge is -2.06. The van der Waals surface area contributed by atoms with E-state index < -0.39 is 5.91 Å². The summed E-state index contributed by atoms with van der Waals surface area (Å²) in [5, 5.41) is 12.1. The van der Waals surface area contributed by atoms with Crippen LogP contribution < -0.4 is 10.1 Å². The maximum Gasteiger partial charge on any atom is 0.301 e. The lowest BCUT2D eigenvalue weighted by molar-refractivity contribution is 0.102. The van der Waals surface area contributed by atoms with Gasteiger partial charge < -0.3 is 14.3 Å². The van der Waals surface area contributed by atoms with Crippen molar-refractivity contribution in [3.05, 3.63) is 35.7 Å². The number of nitrogens with one attached hydrogen (secondary N) is 1. The van der Waals surface area contributed by atoms with Crippen molar-refractivity contribution in [2.24, 2.45) is 0 Å². The zero-order valence-corrected chi connectivity index (χ0v) is 9.93. The summed E-state index contributed by atoms with van der Waals surface area (Å²) in [5.74, 6) is -0.189. The van der Waals surface area contributed by atoms with E-state index in [4.69, 9.17) is 9.15 Å². The minimum absolute atomic E-state index is 0.0831. The van der Waals surface area contributed by atoms with E-state index in [1.807, 2.05) is 0 Å². The molecule has 2 N–H and O–H groups in total. The van der Waals surface area contributed by atoms with Crippen LogP contribution in [0.3, 0.4) is 0 Å². The Morgan fingerprint density at radius 3 is 2.89 bits per heavy atom. The van der Waals surface area contributed by atoms with Crippen LogP contribution in [-0.4, -0.2) is 23.1 Å². The van der Waals surface area contributed by atoms with Crippen molar-refractivity contribution in [2.75, 3.05) is 12.4 Å². The van der Waals surface area contributed by atoms with Gasteiger partial charge in [0.2, 0.25) is 0 Å². The number of aromatic nitrogens is 1. The number of carbonyl (C=O) groups excluding carboxylic acids is 1. The Morgan fingerprint density at radius 2 is 2.28 bits per heavy atom. The minimum atomic E-state index is -0.520. The Kier molecular flexibility index (Phi) is 3.18. The lowest BCUT2D eigenvalue weighted by atomic mass is 10.2. The second-order valence-electron chi connectivity index (χ2n) is 3.63. The Morgan fingerprint density at radius 1 is 1.50 bits per heavy atom. The molecule has 0 aliphatic heterocycles. The van der Waals surface area contributed by atoms with E-state index in [1.165, 1.54) is 25.5 Å². The smallest absolute Gasteiger partial charge is 0.301 e.